The SMILES string of the molecule is O=C(NCCNc1ncc(C(F)(F)F)cc1Cl)[C@@H](Cc1ccccc1)n1cnnn1. The standard InChI is InChI=1S/C18H17ClF3N7O/c19-14-9-13(18(20,21)22)10-25-16(14)23-6-7-24-17(30)15(29-11-26-27-28-29)8-12-4-2-1-3-5-12/h1-5,9-11,15H,6-8H2,(H,23,25)(H,24,30)/t15-/m1/s1. The summed E-state index contributed by atoms with van der Waals surface area (Å²) in [7, 11) is 0. The van der Waals surface area contributed by atoms with Crippen LogP contribution in [0.3, 0.4) is 0 Å². The minimum Gasteiger partial charge on any atom is -0.367 e. The molecule has 0 aliphatic carbocycles. The summed E-state index contributed by atoms with van der Waals surface area (Å²) in [5.41, 5.74) is 0.00330. The Morgan fingerprint density at radius 3 is 2.60 bits per heavy atom. The molecule has 0 radical (unpaired) electrons. The molecule has 30 heavy (non-hydrogen) atoms. The van der Waals surface area contributed by atoms with Gasteiger partial charge in [-0.25, -0.2) is 9.67 Å². The predicted molar refractivity (Wildman–Crippen MR) is 103 cm³/mol. The van der Waals surface area contributed by atoms with Crippen molar-refractivity contribution < 1.29 is 18.0 Å². The van der Waals surface area contributed by atoms with Crippen molar-refractivity contribution in [2.24, 2.45) is 0 Å². The van der Waals surface area contributed by atoms with Crippen LogP contribution >= 0.6 is 11.6 Å². The van der Waals surface area contributed by atoms with Gasteiger partial charge in [-0.05, 0) is 22.1 Å². The zero-order valence-electron chi connectivity index (χ0n) is 15.5. The van der Waals surface area contributed by atoms with Gasteiger partial charge in [-0.1, -0.05) is 41.9 Å². The Morgan fingerprint density at radius 1 is 1.20 bits per heavy atom. The molecule has 2 heterocycles. The number of pyridine rings is 1. The summed E-state index contributed by atoms with van der Waals surface area (Å²) in [6.45, 7) is 0.392. The number of carbonyl (C=O) groups excluding carboxylic acids is 1. The number of tetrazole rings is 1. The Bertz CT molecular complexity index is 968. The molecular weight excluding hydrogens is 423 g/mol. The highest BCUT2D eigenvalue weighted by atomic mass is 35.5. The van der Waals surface area contributed by atoms with Crippen molar-refractivity contribution in [3.8, 4) is 0 Å². The average Bonchev–Trinajstić information content (AvgIpc) is 3.24. The number of nitrogens with zero attached hydrogens (tertiary/aromatic N) is 5. The number of carbonyl (C=O) groups is 1. The molecular formula is C18H17ClF3N7O. The maximum atomic E-state index is 12.7. The maximum absolute atomic E-state index is 12.7. The highest BCUT2D eigenvalue weighted by Crippen LogP contribution is 2.32. The fraction of sp³-hybridized carbons (Fsp3) is 0.278. The molecule has 0 bridgehead atoms. The van der Waals surface area contributed by atoms with Crippen LogP contribution in [0.25, 0.3) is 0 Å². The zero-order valence-corrected chi connectivity index (χ0v) is 16.2. The van der Waals surface area contributed by atoms with Gasteiger partial charge in [-0.3, -0.25) is 4.79 Å². The maximum Gasteiger partial charge on any atom is 0.417 e. The molecule has 1 amide bonds. The van der Waals surface area contributed by atoms with Gasteiger partial charge in [0.05, 0.1) is 10.6 Å². The number of amides is 1. The Kier molecular flexibility index (Phi) is 6.83. The first-order valence-corrected chi connectivity index (χ1v) is 9.23. The lowest BCUT2D eigenvalue weighted by Gasteiger charge is -2.17. The smallest absolute Gasteiger partial charge is 0.367 e. The van der Waals surface area contributed by atoms with Gasteiger partial charge in [0, 0.05) is 25.7 Å². The third-order valence-electron chi connectivity index (χ3n) is 4.14. The lowest BCUT2D eigenvalue weighted by Crippen LogP contribution is -2.36. The van der Waals surface area contributed by atoms with Gasteiger partial charge >= 0.3 is 6.18 Å². The van der Waals surface area contributed by atoms with E-state index < -0.39 is 17.8 Å². The van der Waals surface area contributed by atoms with Crippen LogP contribution in [0.1, 0.15) is 17.2 Å². The van der Waals surface area contributed by atoms with Gasteiger partial charge < -0.3 is 10.6 Å². The van der Waals surface area contributed by atoms with Crippen LogP contribution in [0.15, 0.2) is 48.9 Å². The molecule has 12 heteroatoms. The van der Waals surface area contributed by atoms with Gasteiger partial charge in [-0.15, -0.1) is 5.10 Å². The van der Waals surface area contributed by atoms with Crippen LogP contribution in [0, 0.1) is 0 Å². The van der Waals surface area contributed by atoms with Crippen LogP contribution in [0.5, 0.6) is 0 Å². The first kappa shape index (κ1) is 21.5. The fourth-order valence-corrected chi connectivity index (χ4v) is 2.90. The second-order valence-electron chi connectivity index (χ2n) is 6.27. The third-order valence-corrected chi connectivity index (χ3v) is 4.43. The topological polar surface area (TPSA) is 97.6 Å². The Morgan fingerprint density at radius 2 is 1.97 bits per heavy atom. The Balaban J connectivity index is 1.56. The van der Waals surface area contributed by atoms with E-state index in [0.29, 0.717) is 12.6 Å². The number of rotatable bonds is 8. The van der Waals surface area contributed by atoms with Gasteiger partial charge in [0.25, 0.3) is 0 Å². The number of benzene rings is 1. The molecule has 1 aromatic carbocycles. The molecule has 3 rings (SSSR count). The minimum atomic E-state index is -4.52. The predicted octanol–water partition coefficient (Wildman–Crippen LogP) is 2.75. The summed E-state index contributed by atoms with van der Waals surface area (Å²) in [6, 6.07) is 9.54. The van der Waals surface area contributed by atoms with Gasteiger partial charge in [0.15, 0.2) is 0 Å². The van der Waals surface area contributed by atoms with Crippen LogP contribution in [-0.4, -0.2) is 44.2 Å². The van der Waals surface area contributed by atoms with E-state index in [4.69, 9.17) is 11.6 Å². The van der Waals surface area contributed by atoms with E-state index in [1.54, 1.807) is 0 Å². The van der Waals surface area contributed by atoms with Crippen molar-refractivity contribution >= 4 is 23.3 Å². The van der Waals surface area contributed by atoms with E-state index in [9.17, 15) is 18.0 Å². The van der Waals surface area contributed by atoms with Crippen LogP contribution in [0.4, 0.5) is 19.0 Å². The average molecular weight is 440 g/mol. The first-order valence-electron chi connectivity index (χ1n) is 8.85. The summed E-state index contributed by atoms with van der Waals surface area (Å²) in [5.74, 6) is -0.209. The molecule has 0 fully saturated rings. The van der Waals surface area contributed by atoms with E-state index in [0.717, 1.165) is 11.6 Å². The molecule has 3 aromatic rings. The number of halogens is 4. The number of hydrogen-bond donors (Lipinski definition) is 2. The molecule has 158 valence electrons. The molecule has 8 nitrogen and oxygen atoms in total. The summed E-state index contributed by atoms with van der Waals surface area (Å²) >= 11 is 5.85. The van der Waals surface area contributed by atoms with Crippen LogP contribution in [0.2, 0.25) is 5.02 Å². The van der Waals surface area contributed by atoms with E-state index in [1.807, 2.05) is 30.3 Å². The zero-order chi connectivity index (χ0) is 21.6. The van der Waals surface area contributed by atoms with E-state index in [2.05, 4.69) is 31.1 Å². The second kappa shape index (κ2) is 9.53. The van der Waals surface area contributed by atoms with Crippen LogP contribution in [-0.2, 0) is 17.4 Å². The number of hydrogen-bond acceptors (Lipinski definition) is 6. The molecule has 2 aromatic heterocycles. The van der Waals surface area contributed by atoms with E-state index in [1.165, 1.54) is 11.0 Å². The molecule has 0 aliphatic rings. The van der Waals surface area contributed by atoms with Gasteiger partial charge in [-0.2, -0.15) is 13.2 Å². The first-order chi connectivity index (χ1) is 14.3. The number of aromatic nitrogens is 5. The fourth-order valence-electron chi connectivity index (χ4n) is 2.66. The molecule has 0 unspecified atom stereocenters. The minimum absolute atomic E-state index is 0.0974. The highest BCUT2D eigenvalue weighted by molar-refractivity contribution is 6.32. The van der Waals surface area contributed by atoms with Crippen molar-refractivity contribution in [2.75, 3.05) is 18.4 Å². The van der Waals surface area contributed by atoms with Crippen molar-refractivity contribution in [2.45, 2.75) is 18.6 Å². The summed E-state index contributed by atoms with van der Waals surface area (Å²) < 4.78 is 39.3. The molecule has 1 atom stereocenters. The lowest BCUT2D eigenvalue weighted by molar-refractivity contribution is -0.137. The third kappa shape index (κ3) is 5.66. The highest BCUT2D eigenvalue weighted by Gasteiger charge is 2.31. The van der Waals surface area contributed by atoms with Crippen molar-refractivity contribution in [3.63, 3.8) is 0 Å². The van der Waals surface area contributed by atoms with Gasteiger partial charge in [0.2, 0.25) is 5.91 Å². The number of nitrogens with one attached hydrogen (secondary N) is 2. The molecule has 0 saturated carbocycles. The summed E-state index contributed by atoms with van der Waals surface area (Å²) in [4.78, 5) is 16.3. The lowest BCUT2D eigenvalue weighted by atomic mass is 10.1. The normalized spacial score (nSPS) is 12.4. The van der Waals surface area contributed by atoms with Crippen LogP contribution < -0.4 is 10.6 Å². The van der Waals surface area contributed by atoms with E-state index in [-0.39, 0.29) is 29.8 Å². The second-order valence-corrected chi connectivity index (χ2v) is 6.67. The van der Waals surface area contributed by atoms with Crippen molar-refractivity contribution in [3.05, 3.63) is 65.1 Å². The monoisotopic (exact) mass is 439 g/mol. The molecule has 0 spiro atoms. The Labute approximate surface area is 174 Å². The van der Waals surface area contributed by atoms with Crippen molar-refractivity contribution in [1.29, 1.82) is 0 Å². The number of alkyl halides is 3. The largest absolute Gasteiger partial charge is 0.417 e. The van der Waals surface area contributed by atoms with E-state index >= 15 is 0 Å². The van der Waals surface area contributed by atoms with Crippen molar-refractivity contribution in [1.82, 2.24) is 30.5 Å². The molecule has 0 aliphatic heterocycles. The molecule has 2 N–H and O–H groups in total. The van der Waals surface area contributed by atoms with Gasteiger partial charge in [0.1, 0.15) is 18.2 Å². The summed E-state index contributed by atoms with van der Waals surface area (Å²) in [6.07, 6.45) is -2.08. The number of anilines is 1. The Hall–Kier alpha value is -3.21. The molecule has 0 saturated heterocycles. The quantitative estimate of drug-likeness (QED) is 0.524. The summed E-state index contributed by atoms with van der Waals surface area (Å²) in [5, 5.41) is 16.3.